The Morgan fingerprint density at radius 3 is 2.00 bits per heavy atom. The number of carbonyl (C=O) groups is 1. The monoisotopic (exact) mass is 381 g/mol. The van der Waals surface area contributed by atoms with E-state index in [1.54, 1.807) is 0 Å². The standard InChI is InChI=1S/C15H13Br2NO/c16-13(11-7-3-1-4-8-11)14(17)15(19)18-12-9-5-2-6-10-12/h1-10,13-14H,(H,18,19)/t13-,14-/m0/s1. The van der Waals surface area contributed by atoms with Crippen molar-refractivity contribution in [3.05, 3.63) is 66.2 Å². The minimum atomic E-state index is -0.338. The Labute approximate surface area is 129 Å². The molecule has 0 saturated carbocycles. The Bertz CT molecular complexity index is 530. The number of hydrogen-bond acceptors (Lipinski definition) is 1. The highest BCUT2D eigenvalue weighted by molar-refractivity contribution is 9.12. The first-order chi connectivity index (χ1) is 9.18. The second-order valence-electron chi connectivity index (χ2n) is 4.07. The van der Waals surface area contributed by atoms with E-state index in [0.29, 0.717) is 0 Å². The number of amides is 1. The smallest absolute Gasteiger partial charge is 0.239 e. The maximum Gasteiger partial charge on any atom is 0.239 e. The molecule has 0 saturated heterocycles. The van der Waals surface area contributed by atoms with Crippen molar-refractivity contribution < 1.29 is 4.79 Å². The fraction of sp³-hybridized carbons (Fsp3) is 0.133. The number of alkyl halides is 2. The lowest BCUT2D eigenvalue weighted by molar-refractivity contribution is -0.115. The molecule has 0 aliphatic carbocycles. The SMILES string of the molecule is O=C(Nc1ccccc1)[C@@H](Br)[C@@H](Br)c1ccccc1. The zero-order valence-electron chi connectivity index (χ0n) is 10.1. The molecule has 0 bridgehead atoms. The molecule has 0 aliphatic rings. The first kappa shape index (κ1) is 14.3. The first-order valence-electron chi connectivity index (χ1n) is 5.87. The molecule has 0 heterocycles. The van der Waals surface area contributed by atoms with Gasteiger partial charge in [0.05, 0.1) is 4.83 Å². The predicted octanol–water partition coefficient (Wildman–Crippen LogP) is 4.52. The quantitative estimate of drug-likeness (QED) is 0.773. The second kappa shape index (κ2) is 6.87. The Balaban J connectivity index is 2.03. The average Bonchev–Trinajstić information content (AvgIpc) is 2.47. The summed E-state index contributed by atoms with van der Waals surface area (Å²) >= 11 is 7.00. The highest BCUT2D eigenvalue weighted by atomic mass is 79.9. The average molecular weight is 383 g/mol. The molecule has 4 heteroatoms. The van der Waals surface area contributed by atoms with Crippen LogP contribution in [0.25, 0.3) is 0 Å². The number of para-hydroxylation sites is 1. The van der Waals surface area contributed by atoms with Gasteiger partial charge >= 0.3 is 0 Å². The molecule has 2 rings (SSSR count). The molecular formula is C15H13Br2NO. The molecule has 0 aromatic heterocycles. The van der Waals surface area contributed by atoms with E-state index in [1.807, 2.05) is 60.7 Å². The number of carbonyl (C=O) groups excluding carboxylic acids is 1. The van der Waals surface area contributed by atoms with E-state index in [1.165, 1.54) is 0 Å². The molecule has 1 amide bonds. The second-order valence-corrected chi connectivity index (χ2v) is 6.04. The summed E-state index contributed by atoms with van der Waals surface area (Å²) in [7, 11) is 0. The van der Waals surface area contributed by atoms with Crippen LogP contribution in [0.4, 0.5) is 5.69 Å². The van der Waals surface area contributed by atoms with Crippen molar-refractivity contribution in [3.8, 4) is 0 Å². The highest BCUT2D eigenvalue weighted by Crippen LogP contribution is 2.31. The lowest BCUT2D eigenvalue weighted by Crippen LogP contribution is -2.26. The summed E-state index contributed by atoms with van der Waals surface area (Å²) in [5.74, 6) is -0.0723. The Morgan fingerprint density at radius 2 is 1.42 bits per heavy atom. The minimum Gasteiger partial charge on any atom is -0.325 e. The van der Waals surface area contributed by atoms with Crippen molar-refractivity contribution in [2.75, 3.05) is 5.32 Å². The zero-order valence-corrected chi connectivity index (χ0v) is 13.3. The first-order valence-corrected chi connectivity index (χ1v) is 7.70. The summed E-state index contributed by atoms with van der Waals surface area (Å²) in [4.78, 5) is 11.7. The number of rotatable bonds is 4. The number of halogens is 2. The van der Waals surface area contributed by atoms with Crippen molar-refractivity contribution >= 4 is 43.5 Å². The molecule has 2 atom stereocenters. The van der Waals surface area contributed by atoms with Gasteiger partial charge in [0, 0.05) is 5.69 Å². The van der Waals surface area contributed by atoms with Crippen molar-refractivity contribution in [3.63, 3.8) is 0 Å². The van der Waals surface area contributed by atoms with Gasteiger partial charge in [0.1, 0.15) is 4.83 Å². The molecule has 0 radical (unpaired) electrons. The van der Waals surface area contributed by atoms with Crippen molar-refractivity contribution in [2.45, 2.75) is 9.65 Å². The number of hydrogen-bond donors (Lipinski definition) is 1. The lowest BCUT2D eigenvalue weighted by Gasteiger charge is -2.17. The fourth-order valence-electron chi connectivity index (χ4n) is 1.67. The third kappa shape index (κ3) is 3.91. The maximum atomic E-state index is 12.1. The van der Waals surface area contributed by atoms with Gasteiger partial charge in [-0.3, -0.25) is 4.79 Å². The van der Waals surface area contributed by atoms with Crippen molar-refractivity contribution in [2.24, 2.45) is 0 Å². The van der Waals surface area contributed by atoms with Crippen LogP contribution in [0, 0.1) is 0 Å². The molecule has 2 aromatic carbocycles. The van der Waals surface area contributed by atoms with Crippen LogP contribution in [0.2, 0.25) is 0 Å². The summed E-state index contributed by atoms with van der Waals surface area (Å²) < 4.78 is 0. The highest BCUT2D eigenvalue weighted by Gasteiger charge is 2.24. The van der Waals surface area contributed by atoms with Gasteiger partial charge in [-0.2, -0.15) is 0 Å². The van der Waals surface area contributed by atoms with Gasteiger partial charge in [-0.1, -0.05) is 80.4 Å². The number of anilines is 1. The molecule has 98 valence electrons. The summed E-state index contributed by atoms with van der Waals surface area (Å²) in [6.07, 6.45) is 0. The summed E-state index contributed by atoms with van der Waals surface area (Å²) in [5.41, 5.74) is 1.86. The van der Waals surface area contributed by atoms with E-state index in [-0.39, 0.29) is 15.6 Å². The Hall–Kier alpha value is -1.13. The van der Waals surface area contributed by atoms with E-state index in [0.717, 1.165) is 11.3 Å². The van der Waals surface area contributed by atoms with Crippen LogP contribution in [0.5, 0.6) is 0 Å². The molecule has 2 aromatic rings. The summed E-state index contributed by atoms with van der Waals surface area (Å²) in [6, 6.07) is 19.3. The van der Waals surface area contributed by atoms with Crippen LogP contribution < -0.4 is 5.32 Å². The summed E-state index contributed by atoms with van der Waals surface area (Å²) in [5, 5.41) is 2.88. The number of benzene rings is 2. The van der Waals surface area contributed by atoms with E-state index in [4.69, 9.17) is 0 Å². The lowest BCUT2D eigenvalue weighted by atomic mass is 10.1. The largest absolute Gasteiger partial charge is 0.325 e. The molecule has 19 heavy (non-hydrogen) atoms. The van der Waals surface area contributed by atoms with Gasteiger partial charge in [-0.05, 0) is 17.7 Å². The maximum absolute atomic E-state index is 12.1. The molecule has 1 N–H and O–H groups in total. The van der Waals surface area contributed by atoms with E-state index in [2.05, 4.69) is 37.2 Å². The van der Waals surface area contributed by atoms with E-state index >= 15 is 0 Å². The van der Waals surface area contributed by atoms with Crippen LogP contribution >= 0.6 is 31.9 Å². The molecule has 0 spiro atoms. The van der Waals surface area contributed by atoms with Gasteiger partial charge in [0.15, 0.2) is 0 Å². The van der Waals surface area contributed by atoms with Gasteiger partial charge in [0.25, 0.3) is 0 Å². The number of nitrogens with one attached hydrogen (secondary N) is 1. The van der Waals surface area contributed by atoms with Crippen LogP contribution in [0.15, 0.2) is 60.7 Å². The zero-order chi connectivity index (χ0) is 13.7. The molecule has 0 aliphatic heterocycles. The third-order valence-corrected chi connectivity index (χ3v) is 5.38. The Kier molecular flexibility index (Phi) is 5.16. The molecule has 0 unspecified atom stereocenters. The van der Waals surface area contributed by atoms with Gasteiger partial charge < -0.3 is 5.32 Å². The van der Waals surface area contributed by atoms with E-state index in [9.17, 15) is 4.79 Å². The topological polar surface area (TPSA) is 29.1 Å². The van der Waals surface area contributed by atoms with Gasteiger partial charge in [0.2, 0.25) is 5.91 Å². The minimum absolute atomic E-state index is 0.0718. The van der Waals surface area contributed by atoms with Crippen molar-refractivity contribution in [1.82, 2.24) is 0 Å². The van der Waals surface area contributed by atoms with Crippen molar-refractivity contribution in [1.29, 1.82) is 0 Å². The normalized spacial score (nSPS) is 13.6. The molecule has 2 nitrogen and oxygen atoms in total. The van der Waals surface area contributed by atoms with Crippen LogP contribution in [0.1, 0.15) is 10.4 Å². The predicted molar refractivity (Wildman–Crippen MR) is 85.9 cm³/mol. The third-order valence-electron chi connectivity index (χ3n) is 2.67. The van der Waals surface area contributed by atoms with E-state index < -0.39 is 0 Å². The van der Waals surface area contributed by atoms with Crippen LogP contribution in [-0.2, 0) is 4.79 Å². The van der Waals surface area contributed by atoms with Crippen LogP contribution in [0.3, 0.4) is 0 Å². The Morgan fingerprint density at radius 1 is 0.895 bits per heavy atom. The summed E-state index contributed by atoms with van der Waals surface area (Å²) in [6.45, 7) is 0. The fourth-order valence-corrected chi connectivity index (χ4v) is 2.64. The molecule has 0 fully saturated rings. The van der Waals surface area contributed by atoms with Gasteiger partial charge in [-0.25, -0.2) is 0 Å². The van der Waals surface area contributed by atoms with Crippen LogP contribution in [-0.4, -0.2) is 10.7 Å². The molecular weight excluding hydrogens is 370 g/mol. The van der Waals surface area contributed by atoms with Gasteiger partial charge in [-0.15, -0.1) is 0 Å².